The van der Waals surface area contributed by atoms with Crippen molar-refractivity contribution in [2.45, 2.75) is 52.6 Å². The van der Waals surface area contributed by atoms with E-state index in [1.54, 1.807) is 0 Å². The third-order valence-electron chi connectivity index (χ3n) is 3.62. The molecule has 0 aliphatic heterocycles. The highest BCUT2D eigenvalue weighted by atomic mass is 16.3. The molecule has 15 heavy (non-hydrogen) atoms. The van der Waals surface area contributed by atoms with Crippen molar-refractivity contribution in [3.8, 4) is 0 Å². The number of hydrogen-bond donors (Lipinski definition) is 1. The SMILES string of the molecule is C=C(C)/C=C(/C)C(C)C1CCCCC1O. The third-order valence-corrected chi connectivity index (χ3v) is 3.62. The fourth-order valence-corrected chi connectivity index (χ4v) is 2.58. The molecule has 1 N–H and O–H groups in total. The summed E-state index contributed by atoms with van der Waals surface area (Å²) in [5.74, 6) is 0.936. The van der Waals surface area contributed by atoms with Gasteiger partial charge in [-0.15, -0.1) is 0 Å². The number of hydrogen-bond acceptors (Lipinski definition) is 1. The summed E-state index contributed by atoms with van der Waals surface area (Å²) in [5.41, 5.74) is 2.46. The second-order valence-electron chi connectivity index (χ2n) is 5.04. The largest absolute Gasteiger partial charge is 0.393 e. The molecule has 1 rings (SSSR count). The average molecular weight is 208 g/mol. The van der Waals surface area contributed by atoms with Crippen LogP contribution in [0.4, 0.5) is 0 Å². The fraction of sp³-hybridized carbons (Fsp3) is 0.714. The summed E-state index contributed by atoms with van der Waals surface area (Å²) in [6.45, 7) is 10.3. The second kappa shape index (κ2) is 5.50. The van der Waals surface area contributed by atoms with Crippen molar-refractivity contribution in [3.05, 3.63) is 23.8 Å². The van der Waals surface area contributed by atoms with Gasteiger partial charge in [0.25, 0.3) is 0 Å². The van der Waals surface area contributed by atoms with E-state index in [4.69, 9.17) is 0 Å². The predicted molar refractivity (Wildman–Crippen MR) is 65.7 cm³/mol. The van der Waals surface area contributed by atoms with Gasteiger partial charge >= 0.3 is 0 Å². The van der Waals surface area contributed by atoms with Crippen molar-refractivity contribution in [2.75, 3.05) is 0 Å². The van der Waals surface area contributed by atoms with Crippen molar-refractivity contribution < 1.29 is 5.11 Å². The summed E-state index contributed by atoms with van der Waals surface area (Å²) in [6, 6.07) is 0. The van der Waals surface area contributed by atoms with Gasteiger partial charge in [0, 0.05) is 0 Å². The molecule has 0 saturated heterocycles. The van der Waals surface area contributed by atoms with E-state index in [0.29, 0.717) is 11.8 Å². The van der Waals surface area contributed by atoms with E-state index in [1.165, 1.54) is 24.8 Å². The van der Waals surface area contributed by atoms with Crippen LogP contribution in [0.5, 0.6) is 0 Å². The predicted octanol–water partition coefficient (Wildman–Crippen LogP) is 3.70. The van der Waals surface area contributed by atoms with Crippen molar-refractivity contribution in [1.29, 1.82) is 0 Å². The van der Waals surface area contributed by atoms with E-state index >= 15 is 0 Å². The minimum atomic E-state index is -0.0952. The van der Waals surface area contributed by atoms with Crippen LogP contribution in [-0.2, 0) is 0 Å². The maximum atomic E-state index is 9.97. The van der Waals surface area contributed by atoms with Gasteiger partial charge in [-0.2, -0.15) is 0 Å². The van der Waals surface area contributed by atoms with Crippen molar-refractivity contribution in [1.82, 2.24) is 0 Å². The molecule has 1 aliphatic rings. The highest BCUT2D eigenvalue weighted by Crippen LogP contribution is 2.34. The molecule has 0 aromatic carbocycles. The molecular weight excluding hydrogens is 184 g/mol. The van der Waals surface area contributed by atoms with Gasteiger partial charge in [-0.1, -0.05) is 43.6 Å². The van der Waals surface area contributed by atoms with Gasteiger partial charge in [0.15, 0.2) is 0 Å². The van der Waals surface area contributed by atoms with Crippen molar-refractivity contribution in [3.63, 3.8) is 0 Å². The van der Waals surface area contributed by atoms with Gasteiger partial charge in [-0.3, -0.25) is 0 Å². The Labute approximate surface area is 93.9 Å². The van der Waals surface area contributed by atoms with E-state index in [-0.39, 0.29) is 6.10 Å². The van der Waals surface area contributed by atoms with Crippen LogP contribution >= 0.6 is 0 Å². The zero-order valence-electron chi connectivity index (χ0n) is 10.3. The average Bonchev–Trinajstić information content (AvgIpc) is 2.16. The van der Waals surface area contributed by atoms with E-state index in [2.05, 4.69) is 26.5 Å². The lowest BCUT2D eigenvalue weighted by Gasteiger charge is -2.33. The zero-order chi connectivity index (χ0) is 11.4. The summed E-state index contributed by atoms with van der Waals surface area (Å²) in [5, 5.41) is 9.97. The van der Waals surface area contributed by atoms with Gasteiger partial charge in [0.1, 0.15) is 0 Å². The molecule has 0 bridgehead atoms. The fourth-order valence-electron chi connectivity index (χ4n) is 2.58. The Bertz CT molecular complexity index is 252. The molecule has 1 fully saturated rings. The Morgan fingerprint density at radius 3 is 2.47 bits per heavy atom. The van der Waals surface area contributed by atoms with Crippen molar-refractivity contribution >= 4 is 0 Å². The number of aliphatic hydroxyl groups excluding tert-OH is 1. The first-order chi connectivity index (χ1) is 7.02. The minimum absolute atomic E-state index is 0.0952. The summed E-state index contributed by atoms with van der Waals surface area (Å²) in [6.07, 6.45) is 6.66. The van der Waals surface area contributed by atoms with E-state index in [9.17, 15) is 5.11 Å². The Morgan fingerprint density at radius 2 is 1.93 bits per heavy atom. The molecule has 0 radical (unpaired) electrons. The minimum Gasteiger partial charge on any atom is -0.393 e. The molecule has 0 aromatic rings. The molecule has 1 aliphatic carbocycles. The molecule has 0 heterocycles. The lowest BCUT2D eigenvalue weighted by atomic mass is 9.76. The third kappa shape index (κ3) is 3.49. The Balaban J connectivity index is 2.65. The highest BCUT2D eigenvalue weighted by Gasteiger charge is 2.28. The number of aliphatic hydroxyl groups is 1. The Hall–Kier alpha value is -0.560. The summed E-state index contributed by atoms with van der Waals surface area (Å²) < 4.78 is 0. The molecule has 86 valence electrons. The molecule has 0 aromatic heterocycles. The summed E-state index contributed by atoms with van der Waals surface area (Å²) in [7, 11) is 0. The molecule has 1 heteroatoms. The van der Waals surface area contributed by atoms with Crippen LogP contribution in [0.1, 0.15) is 46.5 Å². The van der Waals surface area contributed by atoms with Crippen LogP contribution in [0.15, 0.2) is 23.8 Å². The quantitative estimate of drug-likeness (QED) is 0.701. The molecule has 1 nitrogen and oxygen atoms in total. The first kappa shape index (κ1) is 12.5. The molecule has 3 unspecified atom stereocenters. The Morgan fingerprint density at radius 1 is 1.33 bits per heavy atom. The molecular formula is C14H24O. The van der Waals surface area contributed by atoms with Gasteiger partial charge < -0.3 is 5.11 Å². The van der Waals surface area contributed by atoms with Crippen LogP contribution in [0.3, 0.4) is 0 Å². The van der Waals surface area contributed by atoms with Crippen molar-refractivity contribution in [2.24, 2.45) is 11.8 Å². The molecule has 0 amide bonds. The topological polar surface area (TPSA) is 20.2 Å². The van der Waals surface area contributed by atoms with Gasteiger partial charge in [0.2, 0.25) is 0 Å². The van der Waals surface area contributed by atoms with Crippen LogP contribution in [-0.4, -0.2) is 11.2 Å². The second-order valence-corrected chi connectivity index (χ2v) is 5.04. The summed E-state index contributed by atoms with van der Waals surface area (Å²) in [4.78, 5) is 0. The first-order valence-electron chi connectivity index (χ1n) is 6.04. The lowest BCUT2D eigenvalue weighted by molar-refractivity contribution is 0.0493. The van der Waals surface area contributed by atoms with E-state index in [0.717, 1.165) is 12.0 Å². The smallest absolute Gasteiger partial charge is 0.0574 e. The normalized spacial score (nSPS) is 30.0. The first-order valence-corrected chi connectivity index (χ1v) is 6.04. The van der Waals surface area contributed by atoms with Gasteiger partial charge in [-0.25, -0.2) is 0 Å². The van der Waals surface area contributed by atoms with Crippen LogP contribution < -0.4 is 0 Å². The maximum absolute atomic E-state index is 9.97. The summed E-state index contributed by atoms with van der Waals surface area (Å²) >= 11 is 0. The van der Waals surface area contributed by atoms with Crippen LogP contribution in [0, 0.1) is 11.8 Å². The number of rotatable bonds is 3. The lowest BCUT2D eigenvalue weighted by Crippen LogP contribution is -2.30. The monoisotopic (exact) mass is 208 g/mol. The number of allylic oxidation sites excluding steroid dienone is 3. The van der Waals surface area contributed by atoms with E-state index in [1.807, 2.05) is 6.92 Å². The highest BCUT2D eigenvalue weighted by molar-refractivity contribution is 5.19. The Kier molecular flexibility index (Phi) is 4.59. The zero-order valence-corrected chi connectivity index (χ0v) is 10.3. The van der Waals surface area contributed by atoms with Crippen LogP contribution in [0.2, 0.25) is 0 Å². The molecule has 0 spiro atoms. The van der Waals surface area contributed by atoms with Crippen LogP contribution in [0.25, 0.3) is 0 Å². The maximum Gasteiger partial charge on any atom is 0.0574 e. The van der Waals surface area contributed by atoms with Gasteiger partial charge in [-0.05, 0) is 38.5 Å². The van der Waals surface area contributed by atoms with Gasteiger partial charge in [0.05, 0.1) is 6.10 Å². The standard InChI is InChI=1S/C14H24O/c1-10(2)9-11(3)12(4)13-7-5-6-8-14(13)15/h9,12-15H,1,5-8H2,2-4H3/b11-9-. The molecule has 1 saturated carbocycles. The molecule has 3 atom stereocenters. The van der Waals surface area contributed by atoms with E-state index < -0.39 is 0 Å².